The number of carbonyl (C=O) groups excluding carboxylic acids is 1. The van der Waals surface area contributed by atoms with Gasteiger partial charge in [0.25, 0.3) is 12.4 Å². The standard InChI is InChI=1S/C20H18FNO3.CH2O2/c21-18-8-4-7-16(11-18)17-12-19(25-14-17)20(23)22-9-10-24-13-15-5-2-1-3-6-15;2-1-3/h1-8,11-12,14H,9-10,13H2,(H,22,23);1H,(H,2,3). The van der Waals surface area contributed by atoms with E-state index < -0.39 is 0 Å². The molecule has 3 rings (SSSR count). The van der Waals surface area contributed by atoms with E-state index in [1.165, 1.54) is 18.4 Å². The average Bonchev–Trinajstić information content (AvgIpc) is 3.19. The third kappa shape index (κ3) is 6.69. The second-order valence-electron chi connectivity index (χ2n) is 5.61. The first-order chi connectivity index (χ1) is 13.6. The van der Waals surface area contributed by atoms with Gasteiger partial charge in [0.05, 0.1) is 19.5 Å². The van der Waals surface area contributed by atoms with Crippen molar-refractivity contribution in [1.29, 1.82) is 0 Å². The van der Waals surface area contributed by atoms with Gasteiger partial charge in [0.1, 0.15) is 5.82 Å². The predicted octanol–water partition coefficient (Wildman–Crippen LogP) is 3.73. The maximum atomic E-state index is 13.3. The smallest absolute Gasteiger partial charge is 0.290 e. The van der Waals surface area contributed by atoms with Crippen LogP contribution in [0.3, 0.4) is 0 Å². The quantitative estimate of drug-likeness (QED) is 0.478. The number of hydrogen-bond acceptors (Lipinski definition) is 4. The van der Waals surface area contributed by atoms with Crippen LogP contribution in [0.4, 0.5) is 4.39 Å². The Morgan fingerprint density at radius 2 is 1.86 bits per heavy atom. The first-order valence-corrected chi connectivity index (χ1v) is 8.46. The molecule has 3 aromatic rings. The minimum absolute atomic E-state index is 0.183. The van der Waals surface area contributed by atoms with Crippen LogP contribution in [-0.2, 0) is 16.1 Å². The molecule has 0 saturated heterocycles. The highest BCUT2D eigenvalue weighted by atomic mass is 19.1. The minimum Gasteiger partial charge on any atom is -0.483 e. The molecule has 0 aliphatic rings. The van der Waals surface area contributed by atoms with Gasteiger partial charge >= 0.3 is 0 Å². The van der Waals surface area contributed by atoms with Crippen LogP contribution in [0.1, 0.15) is 16.1 Å². The Balaban J connectivity index is 0.000000878. The maximum Gasteiger partial charge on any atom is 0.290 e. The van der Waals surface area contributed by atoms with Crippen LogP contribution >= 0.6 is 0 Å². The molecule has 6 nitrogen and oxygen atoms in total. The summed E-state index contributed by atoms with van der Waals surface area (Å²) in [5.41, 5.74) is 2.40. The molecule has 0 atom stereocenters. The van der Waals surface area contributed by atoms with E-state index in [2.05, 4.69) is 5.32 Å². The molecule has 0 saturated carbocycles. The zero-order valence-electron chi connectivity index (χ0n) is 15.0. The number of hydrogen-bond donors (Lipinski definition) is 2. The van der Waals surface area contributed by atoms with Gasteiger partial charge < -0.3 is 19.6 Å². The first kappa shape index (κ1) is 20.9. The van der Waals surface area contributed by atoms with Gasteiger partial charge in [0.15, 0.2) is 5.76 Å². The summed E-state index contributed by atoms with van der Waals surface area (Å²) in [5, 5.41) is 9.62. The molecule has 0 aliphatic carbocycles. The fourth-order valence-electron chi connectivity index (χ4n) is 2.36. The van der Waals surface area contributed by atoms with Gasteiger partial charge in [-0.05, 0) is 29.3 Å². The minimum atomic E-state index is -0.333. The number of ether oxygens (including phenoxy) is 1. The predicted molar refractivity (Wildman–Crippen MR) is 101 cm³/mol. The van der Waals surface area contributed by atoms with E-state index in [1.54, 1.807) is 18.2 Å². The highest BCUT2D eigenvalue weighted by molar-refractivity contribution is 5.92. The molecule has 0 radical (unpaired) electrons. The third-order valence-electron chi connectivity index (χ3n) is 3.62. The Morgan fingerprint density at radius 1 is 1.11 bits per heavy atom. The van der Waals surface area contributed by atoms with Crippen LogP contribution < -0.4 is 5.32 Å². The molecule has 1 amide bonds. The summed E-state index contributed by atoms with van der Waals surface area (Å²) >= 11 is 0. The summed E-state index contributed by atoms with van der Waals surface area (Å²) in [7, 11) is 0. The number of carboxylic acid groups (broad SMARTS) is 1. The summed E-state index contributed by atoms with van der Waals surface area (Å²) in [4.78, 5) is 20.4. The lowest BCUT2D eigenvalue weighted by molar-refractivity contribution is -0.122. The molecule has 2 aromatic carbocycles. The lowest BCUT2D eigenvalue weighted by atomic mass is 10.1. The molecule has 28 heavy (non-hydrogen) atoms. The maximum absolute atomic E-state index is 13.3. The van der Waals surface area contributed by atoms with Gasteiger partial charge in [0.2, 0.25) is 0 Å². The normalized spacial score (nSPS) is 9.89. The number of benzene rings is 2. The summed E-state index contributed by atoms with van der Waals surface area (Å²) in [5.74, 6) is -0.478. The molecule has 7 heteroatoms. The number of amides is 1. The van der Waals surface area contributed by atoms with Crippen molar-refractivity contribution in [2.45, 2.75) is 6.61 Å². The van der Waals surface area contributed by atoms with Gasteiger partial charge in [-0.2, -0.15) is 0 Å². The Hall–Kier alpha value is -3.45. The third-order valence-corrected chi connectivity index (χ3v) is 3.62. The number of furan rings is 1. The van der Waals surface area contributed by atoms with Crippen LogP contribution in [0.2, 0.25) is 0 Å². The molecule has 0 fully saturated rings. The van der Waals surface area contributed by atoms with Crippen molar-refractivity contribution >= 4 is 12.4 Å². The number of halogens is 1. The molecular weight excluding hydrogens is 365 g/mol. The molecule has 0 bridgehead atoms. The highest BCUT2D eigenvalue weighted by Crippen LogP contribution is 2.22. The van der Waals surface area contributed by atoms with E-state index in [1.807, 2.05) is 30.3 Å². The number of carbonyl (C=O) groups is 2. The van der Waals surface area contributed by atoms with Crippen molar-refractivity contribution in [3.05, 3.63) is 84.1 Å². The van der Waals surface area contributed by atoms with Crippen molar-refractivity contribution in [1.82, 2.24) is 5.32 Å². The Morgan fingerprint density at radius 3 is 2.57 bits per heavy atom. The second-order valence-corrected chi connectivity index (χ2v) is 5.61. The lowest BCUT2D eigenvalue weighted by Crippen LogP contribution is -2.26. The Labute approximate surface area is 161 Å². The van der Waals surface area contributed by atoms with E-state index in [0.717, 1.165) is 5.56 Å². The molecule has 146 valence electrons. The summed E-state index contributed by atoms with van der Waals surface area (Å²) in [6.07, 6.45) is 1.44. The van der Waals surface area contributed by atoms with Crippen molar-refractivity contribution in [2.24, 2.45) is 0 Å². The van der Waals surface area contributed by atoms with Crippen molar-refractivity contribution in [3.8, 4) is 11.1 Å². The van der Waals surface area contributed by atoms with E-state index in [0.29, 0.717) is 30.9 Å². The molecule has 0 unspecified atom stereocenters. The van der Waals surface area contributed by atoms with Crippen molar-refractivity contribution in [2.75, 3.05) is 13.2 Å². The number of rotatable bonds is 7. The SMILES string of the molecule is O=C(NCCOCc1ccccc1)c1cc(-c2cccc(F)c2)co1.O=CO. The van der Waals surface area contributed by atoms with Crippen LogP contribution in [0.15, 0.2) is 71.3 Å². The molecule has 1 aromatic heterocycles. The summed E-state index contributed by atoms with van der Waals surface area (Å²) in [6, 6.07) is 17.5. The largest absolute Gasteiger partial charge is 0.483 e. The van der Waals surface area contributed by atoms with E-state index in [-0.39, 0.29) is 24.0 Å². The van der Waals surface area contributed by atoms with Crippen LogP contribution in [0.25, 0.3) is 11.1 Å². The second kappa shape index (κ2) is 11.3. The van der Waals surface area contributed by atoms with E-state index >= 15 is 0 Å². The monoisotopic (exact) mass is 385 g/mol. The number of nitrogens with one attached hydrogen (secondary N) is 1. The highest BCUT2D eigenvalue weighted by Gasteiger charge is 2.12. The topological polar surface area (TPSA) is 88.8 Å². The zero-order valence-corrected chi connectivity index (χ0v) is 15.0. The van der Waals surface area contributed by atoms with Gasteiger partial charge in [-0.1, -0.05) is 42.5 Å². The van der Waals surface area contributed by atoms with Crippen LogP contribution in [0.5, 0.6) is 0 Å². The Kier molecular flexibility index (Phi) is 8.42. The van der Waals surface area contributed by atoms with E-state index in [9.17, 15) is 9.18 Å². The van der Waals surface area contributed by atoms with E-state index in [4.69, 9.17) is 19.1 Å². The average molecular weight is 385 g/mol. The summed E-state index contributed by atoms with van der Waals surface area (Å²) < 4.78 is 24.0. The van der Waals surface area contributed by atoms with Crippen molar-refractivity contribution < 1.29 is 28.2 Å². The van der Waals surface area contributed by atoms with Gasteiger partial charge in [-0.15, -0.1) is 0 Å². The van der Waals surface area contributed by atoms with Crippen LogP contribution in [-0.4, -0.2) is 30.6 Å². The fraction of sp³-hybridized carbons (Fsp3) is 0.143. The van der Waals surface area contributed by atoms with Crippen LogP contribution in [0, 0.1) is 5.82 Å². The molecule has 2 N–H and O–H groups in total. The first-order valence-electron chi connectivity index (χ1n) is 8.46. The van der Waals surface area contributed by atoms with Gasteiger partial charge in [0, 0.05) is 12.1 Å². The van der Waals surface area contributed by atoms with Gasteiger partial charge in [-0.3, -0.25) is 9.59 Å². The molecule has 0 aliphatic heterocycles. The molecule has 1 heterocycles. The Bertz CT molecular complexity index is 879. The lowest BCUT2D eigenvalue weighted by Gasteiger charge is -2.05. The van der Waals surface area contributed by atoms with Crippen molar-refractivity contribution in [3.63, 3.8) is 0 Å². The summed E-state index contributed by atoms with van der Waals surface area (Å²) in [6.45, 7) is 1.03. The fourth-order valence-corrected chi connectivity index (χ4v) is 2.36. The molecule has 0 spiro atoms. The zero-order chi connectivity index (χ0) is 20.2. The van der Waals surface area contributed by atoms with Gasteiger partial charge in [-0.25, -0.2) is 4.39 Å². The molecular formula is C21H20FNO5.